The molecule has 0 aromatic heterocycles. The first kappa shape index (κ1) is 38.3. The highest BCUT2D eigenvalue weighted by Crippen LogP contribution is 2.37. The van der Waals surface area contributed by atoms with E-state index in [1.807, 2.05) is 0 Å². The highest BCUT2D eigenvalue weighted by atomic mass is 32.3. The number of methoxy groups -OCH3 is 1. The molecule has 3 aliphatic rings. The molecule has 3 heterocycles. The van der Waals surface area contributed by atoms with Gasteiger partial charge in [0.1, 0.15) is 24.4 Å². The Balaban J connectivity index is 1.93. The summed E-state index contributed by atoms with van der Waals surface area (Å²) >= 11 is 0. The van der Waals surface area contributed by atoms with Crippen LogP contribution >= 0.6 is 0 Å². The van der Waals surface area contributed by atoms with Crippen LogP contribution in [-0.4, -0.2) is 164 Å². The lowest BCUT2D eigenvalue weighted by atomic mass is 9.81. The molecular formula is C23H39N3O18S2. The summed E-state index contributed by atoms with van der Waals surface area (Å²) in [6.45, 7) is -0.128. The van der Waals surface area contributed by atoms with Crippen molar-refractivity contribution in [3.8, 4) is 0 Å². The average Bonchev–Trinajstić information content (AvgIpc) is 3.35. The fourth-order valence-electron chi connectivity index (χ4n) is 6.15. The number of aliphatic hydroxyl groups excluding tert-OH is 3. The molecule has 0 aromatic rings. The summed E-state index contributed by atoms with van der Waals surface area (Å²) in [6.07, 6.45) is -10.7. The van der Waals surface area contributed by atoms with Gasteiger partial charge in [0.05, 0.1) is 43.5 Å². The summed E-state index contributed by atoms with van der Waals surface area (Å²) in [4.78, 5) is 37.8. The second-order valence-electron chi connectivity index (χ2n) is 11.3. The molecule has 3 rings (SSSR count). The summed E-state index contributed by atoms with van der Waals surface area (Å²) in [6, 6.07) is -2.57. The van der Waals surface area contributed by atoms with Crippen LogP contribution in [0.5, 0.6) is 0 Å². The van der Waals surface area contributed by atoms with E-state index in [-0.39, 0.29) is 19.6 Å². The van der Waals surface area contributed by atoms with Gasteiger partial charge in [-0.25, -0.2) is 8.37 Å². The summed E-state index contributed by atoms with van der Waals surface area (Å²) in [7, 11) is -8.76. The SMILES string of the molecule is CO[C@H]1O[C@H](COS(=O)(=O)O)[C@@H](CN2C[C@H]([C@H]3O[C@H](COS(=O)(=O)O)[C@@H](O)[C@H](O)[C@H]3NC(C)=O)[C@@H](C(=O)O)C2)[C@H](O)[C@H]1NC(C)=O. The molecule has 0 aliphatic carbocycles. The number of aliphatic carboxylic acids is 1. The van der Waals surface area contributed by atoms with E-state index in [1.165, 1.54) is 18.9 Å². The van der Waals surface area contributed by atoms with Crippen LogP contribution in [0, 0.1) is 17.8 Å². The standard InChI is InChI=1S/C23H39N3O18S2/c1-9(27)24-16-20(31)19(30)15(8-42-46(37,38)39)43-21(16)11-4-26(5-12(11)22(32)33)6-13-14(7-41-45(34,35)36)44-23(40-3)17(18(13)29)25-10(2)28/h11-21,23,29-31H,4-8H2,1-3H3,(H,24,27)(H,25,28)(H,32,33)(H,34,35,36)(H,37,38,39)/t11-,12-,13+,14+,15+,16+,17+,18-,19+,20+,21+,23-/m0/s1. The lowest BCUT2D eigenvalue weighted by Gasteiger charge is -2.46. The number of carbonyl (C=O) groups excluding carboxylic acids is 2. The molecule has 0 bridgehead atoms. The average molecular weight is 710 g/mol. The number of rotatable bonds is 13. The molecule has 21 nitrogen and oxygen atoms in total. The topological polar surface area (TPSA) is 314 Å². The van der Waals surface area contributed by atoms with Crippen LogP contribution in [0.4, 0.5) is 0 Å². The van der Waals surface area contributed by atoms with Gasteiger partial charge in [-0.05, 0) is 0 Å². The van der Waals surface area contributed by atoms with Crippen molar-refractivity contribution in [1.29, 1.82) is 0 Å². The van der Waals surface area contributed by atoms with Crippen molar-refractivity contribution in [2.75, 3.05) is 40.0 Å². The predicted molar refractivity (Wildman–Crippen MR) is 147 cm³/mol. The number of nitrogens with one attached hydrogen (secondary N) is 2. The second kappa shape index (κ2) is 15.4. The number of aliphatic hydroxyl groups is 3. The van der Waals surface area contributed by atoms with Gasteiger partial charge in [0.15, 0.2) is 6.29 Å². The molecule has 3 aliphatic heterocycles. The van der Waals surface area contributed by atoms with Gasteiger partial charge in [0, 0.05) is 52.4 Å². The van der Waals surface area contributed by atoms with Crippen molar-refractivity contribution < 1.29 is 83.3 Å². The number of carbonyl (C=O) groups is 3. The second-order valence-corrected chi connectivity index (χ2v) is 13.4. The lowest BCUT2D eigenvalue weighted by molar-refractivity contribution is -0.249. The minimum Gasteiger partial charge on any atom is -0.481 e. The number of ether oxygens (including phenoxy) is 3. The molecule has 0 spiro atoms. The molecule has 3 fully saturated rings. The fourth-order valence-corrected chi connectivity index (χ4v) is 6.76. The van der Waals surface area contributed by atoms with Gasteiger partial charge in [0.2, 0.25) is 11.8 Å². The maximum Gasteiger partial charge on any atom is 0.397 e. The summed E-state index contributed by atoms with van der Waals surface area (Å²) in [5.74, 6) is -6.04. The summed E-state index contributed by atoms with van der Waals surface area (Å²) < 4.78 is 88.5. The van der Waals surface area contributed by atoms with E-state index >= 15 is 0 Å². The molecule has 23 heteroatoms. The van der Waals surface area contributed by atoms with Crippen molar-refractivity contribution in [2.45, 2.75) is 68.8 Å². The smallest absolute Gasteiger partial charge is 0.397 e. The molecule has 0 saturated carbocycles. The minimum absolute atomic E-state index is 0.167. The van der Waals surface area contributed by atoms with Crippen molar-refractivity contribution in [3.05, 3.63) is 0 Å². The quantitative estimate of drug-likeness (QED) is 0.0831. The van der Waals surface area contributed by atoms with Crippen molar-refractivity contribution in [3.63, 3.8) is 0 Å². The Hall–Kier alpha value is -2.13. The van der Waals surface area contributed by atoms with E-state index in [2.05, 4.69) is 19.0 Å². The van der Waals surface area contributed by atoms with Crippen LogP contribution in [-0.2, 0) is 57.8 Å². The van der Waals surface area contributed by atoms with Crippen LogP contribution in [0.15, 0.2) is 0 Å². The highest BCUT2D eigenvalue weighted by Gasteiger charge is 2.54. The summed E-state index contributed by atoms with van der Waals surface area (Å²) in [5, 5.41) is 47.7. The van der Waals surface area contributed by atoms with Crippen molar-refractivity contribution in [1.82, 2.24) is 15.5 Å². The number of nitrogens with zero attached hydrogens (tertiary/aromatic N) is 1. The Morgan fingerprint density at radius 1 is 0.826 bits per heavy atom. The first-order valence-electron chi connectivity index (χ1n) is 13.8. The van der Waals surface area contributed by atoms with Gasteiger partial charge >= 0.3 is 26.8 Å². The van der Waals surface area contributed by atoms with E-state index in [1.54, 1.807) is 0 Å². The Morgan fingerprint density at radius 2 is 1.37 bits per heavy atom. The molecule has 0 aromatic carbocycles. The third kappa shape index (κ3) is 9.94. The van der Waals surface area contributed by atoms with Crippen molar-refractivity contribution >= 4 is 38.6 Å². The number of carboxylic acids is 1. The van der Waals surface area contributed by atoms with Crippen LogP contribution in [0.2, 0.25) is 0 Å². The monoisotopic (exact) mass is 709 g/mol. The zero-order valence-electron chi connectivity index (χ0n) is 24.8. The molecular weight excluding hydrogens is 670 g/mol. The lowest BCUT2D eigenvalue weighted by Crippen LogP contribution is -2.66. The fraction of sp³-hybridized carbons (Fsp3) is 0.870. The van der Waals surface area contributed by atoms with E-state index in [9.17, 15) is 51.6 Å². The van der Waals surface area contributed by atoms with Crippen LogP contribution < -0.4 is 10.6 Å². The van der Waals surface area contributed by atoms with Gasteiger partial charge in [-0.2, -0.15) is 16.8 Å². The third-order valence-corrected chi connectivity index (χ3v) is 8.92. The number of hydrogen-bond donors (Lipinski definition) is 8. The normalized spacial score (nSPS) is 37.5. The zero-order chi connectivity index (χ0) is 34.7. The largest absolute Gasteiger partial charge is 0.481 e. The Kier molecular flexibility index (Phi) is 12.8. The molecule has 0 radical (unpaired) electrons. The summed E-state index contributed by atoms with van der Waals surface area (Å²) in [5.41, 5.74) is 0. The number of amides is 2. The van der Waals surface area contributed by atoms with Gasteiger partial charge in [0.25, 0.3) is 0 Å². The van der Waals surface area contributed by atoms with Crippen LogP contribution in [0.25, 0.3) is 0 Å². The molecule has 266 valence electrons. The molecule has 12 atom stereocenters. The Bertz CT molecular complexity index is 1320. The maximum atomic E-state index is 12.4. The van der Waals surface area contributed by atoms with Gasteiger partial charge in [-0.1, -0.05) is 0 Å². The first-order valence-corrected chi connectivity index (χ1v) is 16.6. The van der Waals surface area contributed by atoms with Gasteiger partial charge < -0.3 is 50.2 Å². The van der Waals surface area contributed by atoms with E-state index in [4.69, 9.17) is 23.3 Å². The minimum atomic E-state index is -5.00. The van der Waals surface area contributed by atoms with Gasteiger partial charge in [-0.15, -0.1) is 0 Å². The number of carboxylic acid groups (broad SMARTS) is 1. The van der Waals surface area contributed by atoms with Crippen molar-refractivity contribution in [2.24, 2.45) is 17.8 Å². The Morgan fingerprint density at radius 3 is 1.87 bits per heavy atom. The molecule has 3 saturated heterocycles. The molecule has 8 N–H and O–H groups in total. The zero-order valence-corrected chi connectivity index (χ0v) is 26.4. The Labute approximate surface area is 264 Å². The number of likely N-dealkylation sites (tertiary alicyclic amines) is 1. The van der Waals surface area contributed by atoms with Crippen LogP contribution in [0.3, 0.4) is 0 Å². The number of hydrogen-bond acceptors (Lipinski definition) is 16. The first-order chi connectivity index (χ1) is 21.2. The third-order valence-electron chi connectivity index (χ3n) is 8.05. The van der Waals surface area contributed by atoms with E-state index < -0.39 is 125 Å². The van der Waals surface area contributed by atoms with Crippen LogP contribution in [0.1, 0.15) is 13.8 Å². The van der Waals surface area contributed by atoms with Gasteiger partial charge in [-0.3, -0.25) is 23.5 Å². The predicted octanol–water partition coefficient (Wildman–Crippen LogP) is -4.90. The maximum absolute atomic E-state index is 12.4. The van der Waals surface area contributed by atoms with E-state index in [0.29, 0.717) is 0 Å². The highest BCUT2D eigenvalue weighted by molar-refractivity contribution is 7.81. The molecule has 0 unspecified atom stereocenters. The molecule has 46 heavy (non-hydrogen) atoms. The molecule has 2 amide bonds. The van der Waals surface area contributed by atoms with E-state index in [0.717, 1.165) is 6.92 Å².